The van der Waals surface area contributed by atoms with Crippen LogP contribution in [-0.4, -0.2) is 26.2 Å². The predicted octanol–water partition coefficient (Wildman–Crippen LogP) is 1.15. The lowest BCUT2D eigenvalue weighted by Gasteiger charge is -2.18. The molecule has 4 nitrogen and oxygen atoms in total. The topological polar surface area (TPSA) is 36.9 Å². The van der Waals surface area contributed by atoms with Gasteiger partial charge in [-0.15, -0.1) is 0 Å². The van der Waals surface area contributed by atoms with Gasteiger partial charge < -0.3 is 9.64 Å². The van der Waals surface area contributed by atoms with Crippen LogP contribution >= 0.6 is 0 Å². The number of ether oxygens (including phenoxy) is 1. The zero-order valence-corrected chi connectivity index (χ0v) is 8.40. The quantitative estimate of drug-likeness (QED) is 0.811. The van der Waals surface area contributed by atoms with Crippen molar-refractivity contribution in [3.05, 3.63) is 30.1 Å². The third kappa shape index (κ3) is 2.07. The van der Waals surface area contributed by atoms with Gasteiger partial charge in [0, 0.05) is 12.8 Å². The molecule has 80 valence electrons. The second kappa shape index (κ2) is 4.27. The second-order valence-corrected chi connectivity index (χ2v) is 3.19. The Kier molecular flexibility index (Phi) is 2.82. The minimum absolute atomic E-state index is 0.254. The van der Waals surface area contributed by atoms with Gasteiger partial charge in [0.25, 0.3) is 0 Å². The van der Waals surface area contributed by atoms with E-state index in [0.29, 0.717) is 13.3 Å². The molecular formula is C10H12FN3O. The van der Waals surface area contributed by atoms with Gasteiger partial charge in [0.05, 0.1) is 0 Å². The van der Waals surface area contributed by atoms with E-state index < -0.39 is 0 Å². The molecule has 0 fully saturated rings. The Bertz CT molecular complexity index is 381. The van der Waals surface area contributed by atoms with Crippen LogP contribution in [0.1, 0.15) is 0 Å². The highest BCUT2D eigenvalue weighted by atomic mass is 19.1. The highest BCUT2D eigenvalue weighted by Crippen LogP contribution is 2.17. The summed E-state index contributed by atoms with van der Waals surface area (Å²) in [6, 6.07) is 6.40. The SMILES string of the molecule is COCC1=NNCN1c1cccc(F)c1. The zero-order valence-electron chi connectivity index (χ0n) is 8.40. The van der Waals surface area contributed by atoms with Gasteiger partial charge in [0.1, 0.15) is 19.1 Å². The molecule has 0 radical (unpaired) electrons. The number of hydrogen-bond donors (Lipinski definition) is 1. The number of amidine groups is 1. The van der Waals surface area contributed by atoms with E-state index in [1.54, 1.807) is 13.2 Å². The average molecular weight is 209 g/mol. The fourth-order valence-corrected chi connectivity index (χ4v) is 1.47. The molecule has 1 aliphatic heterocycles. The minimum Gasteiger partial charge on any atom is -0.377 e. The maximum atomic E-state index is 13.0. The molecule has 0 aliphatic carbocycles. The molecule has 15 heavy (non-hydrogen) atoms. The Morgan fingerprint density at radius 2 is 2.47 bits per heavy atom. The van der Waals surface area contributed by atoms with Crippen LogP contribution in [-0.2, 0) is 4.74 Å². The summed E-state index contributed by atoms with van der Waals surface area (Å²) in [4.78, 5) is 1.87. The number of hydrogen-bond acceptors (Lipinski definition) is 4. The molecule has 2 rings (SSSR count). The van der Waals surface area contributed by atoms with Crippen molar-refractivity contribution in [1.29, 1.82) is 0 Å². The first-order valence-corrected chi connectivity index (χ1v) is 4.63. The van der Waals surface area contributed by atoms with Crippen LogP contribution in [0, 0.1) is 5.82 Å². The van der Waals surface area contributed by atoms with Crippen LogP contribution < -0.4 is 10.3 Å². The Morgan fingerprint density at radius 3 is 3.20 bits per heavy atom. The van der Waals surface area contributed by atoms with E-state index in [4.69, 9.17) is 4.74 Å². The van der Waals surface area contributed by atoms with Crippen LogP contribution in [0.3, 0.4) is 0 Å². The van der Waals surface area contributed by atoms with Crippen molar-refractivity contribution >= 4 is 11.5 Å². The van der Waals surface area contributed by atoms with Gasteiger partial charge in [-0.25, -0.2) is 4.39 Å². The first kappa shape index (κ1) is 9.92. The number of nitrogens with zero attached hydrogens (tertiary/aromatic N) is 2. The van der Waals surface area contributed by atoms with Gasteiger partial charge in [0.2, 0.25) is 0 Å². The molecular weight excluding hydrogens is 197 g/mol. The molecule has 0 unspecified atom stereocenters. The smallest absolute Gasteiger partial charge is 0.156 e. The van der Waals surface area contributed by atoms with Crippen molar-refractivity contribution in [3.8, 4) is 0 Å². The van der Waals surface area contributed by atoms with Gasteiger partial charge in [0.15, 0.2) is 5.84 Å². The molecule has 1 heterocycles. The standard InChI is InChI=1S/C10H12FN3O/c1-15-6-10-13-12-7-14(10)9-4-2-3-8(11)5-9/h2-5,12H,6-7H2,1H3. The summed E-state index contributed by atoms with van der Waals surface area (Å²) in [6.45, 7) is 0.950. The number of nitrogens with one attached hydrogen (secondary N) is 1. The second-order valence-electron chi connectivity index (χ2n) is 3.19. The van der Waals surface area contributed by atoms with Crippen LogP contribution in [0.25, 0.3) is 0 Å². The summed E-state index contributed by atoms with van der Waals surface area (Å²) < 4.78 is 18.0. The molecule has 1 aliphatic rings. The summed E-state index contributed by atoms with van der Waals surface area (Å²) >= 11 is 0. The van der Waals surface area contributed by atoms with Gasteiger partial charge in [-0.05, 0) is 18.2 Å². The normalized spacial score (nSPS) is 15.1. The van der Waals surface area contributed by atoms with Crippen LogP contribution in [0.5, 0.6) is 0 Å². The van der Waals surface area contributed by atoms with Gasteiger partial charge in [-0.1, -0.05) is 6.07 Å². The molecule has 1 aromatic carbocycles. The third-order valence-corrected chi connectivity index (χ3v) is 2.14. The highest BCUT2D eigenvalue weighted by Gasteiger charge is 2.18. The number of rotatable bonds is 3. The Labute approximate surface area is 87.3 Å². The Morgan fingerprint density at radius 1 is 1.60 bits per heavy atom. The van der Waals surface area contributed by atoms with Gasteiger partial charge in [-0.2, -0.15) is 5.10 Å². The lowest BCUT2D eigenvalue weighted by molar-refractivity contribution is 0.244. The van der Waals surface area contributed by atoms with Crippen LogP contribution in [0.2, 0.25) is 0 Å². The van der Waals surface area contributed by atoms with E-state index in [0.717, 1.165) is 11.5 Å². The number of halogens is 1. The number of methoxy groups -OCH3 is 1. The molecule has 1 N–H and O–H groups in total. The van der Waals surface area contributed by atoms with E-state index in [1.165, 1.54) is 12.1 Å². The number of hydrazone groups is 1. The van der Waals surface area contributed by atoms with E-state index in [-0.39, 0.29) is 5.82 Å². The fourth-order valence-electron chi connectivity index (χ4n) is 1.47. The van der Waals surface area contributed by atoms with Crippen LogP contribution in [0.15, 0.2) is 29.4 Å². The van der Waals surface area contributed by atoms with Gasteiger partial charge in [-0.3, -0.25) is 5.43 Å². The minimum atomic E-state index is -0.254. The monoisotopic (exact) mass is 209 g/mol. The zero-order chi connectivity index (χ0) is 10.7. The highest BCUT2D eigenvalue weighted by molar-refractivity contribution is 5.99. The predicted molar refractivity (Wildman–Crippen MR) is 56.2 cm³/mol. The first-order chi connectivity index (χ1) is 7.31. The fraction of sp³-hybridized carbons (Fsp3) is 0.300. The average Bonchev–Trinajstić information content (AvgIpc) is 2.66. The summed E-state index contributed by atoms with van der Waals surface area (Å²) in [5.74, 6) is 0.499. The molecule has 0 amide bonds. The third-order valence-electron chi connectivity index (χ3n) is 2.14. The molecule has 0 saturated heterocycles. The van der Waals surface area contributed by atoms with Crippen LogP contribution in [0.4, 0.5) is 10.1 Å². The van der Waals surface area contributed by atoms with E-state index in [9.17, 15) is 4.39 Å². The van der Waals surface area contributed by atoms with Crippen molar-refractivity contribution in [2.75, 3.05) is 25.3 Å². The summed E-state index contributed by atoms with van der Waals surface area (Å²) in [5, 5.41) is 4.06. The summed E-state index contributed by atoms with van der Waals surface area (Å²) in [5.41, 5.74) is 3.61. The van der Waals surface area contributed by atoms with E-state index in [2.05, 4.69) is 10.5 Å². The molecule has 5 heteroatoms. The molecule has 0 spiro atoms. The Balaban J connectivity index is 2.20. The lowest BCUT2D eigenvalue weighted by atomic mass is 10.3. The van der Waals surface area contributed by atoms with Crippen molar-refractivity contribution < 1.29 is 9.13 Å². The summed E-state index contributed by atoms with van der Waals surface area (Å²) in [6.07, 6.45) is 0. The molecule has 0 atom stereocenters. The first-order valence-electron chi connectivity index (χ1n) is 4.63. The number of benzene rings is 1. The van der Waals surface area contributed by atoms with E-state index in [1.807, 2.05) is 11.0 Å². The molecule has 0 aromatic heterocycles. The number of anilines is 1. The van der Waals surface area contributed by atoms with Crippen molar-refractivity contribution in [3.63, 3.8) is 0 Å². The van der Waals surface area contributed by atoms with Crippen molar-refractivity contribution in [2.45, 2.75) is 0 Å². The lowest BCUT2D eigenvalue weighted by Crippen LogP contribution is -2.31. The Hall–Kier alpha value is -1.62. The maximum absolute atomic E-state index is 13.0. The molecule has 0 saturated carbocycles. The largest absolute Gasteiger partial charge is 0.377 e. The van der Waals surface area contributed by atoms with E-state index >= 15 is 0 Å². The summed E-state index contributed by atoms with van der Waals surface area (Å²) in [7, 11) is 1.60. The molecule has 1 aromatic rings. The maximum Gasteiger partial charge on any atom is 0.156 e. The molecule has 0 bridgehead atoms. The van der Waals surface area contributed by atoms with Gasteiger partial charge >= 0.3 is 0 Å². The van der Waals surface area contributed by atoms with Crippen molar-refractivity contribution in [1.82, 2.24) is 5.43 Å². The van der Waals surface area contributed by atoms with Crippen molar-refractivity contribution in [2.24, 2.45) is 5.10 Å².